The molecule has 162 valence electrons. The van der Waals surface area contributed by atoms with Crippen molar-refractivity contribution in [2.75, 3.05) is 11.4 Å². The third-order valence-electron chi connectivity index (χ3n) is 5.29. The number of anilines is 1. The van der Waals surface area contributed by atoms with Crippen LogP contribution in [0, 0.1) is 0 Å². The van der Waals surface area contributed by atoms with Gasteiger partial charge < -0.3 is 9.64 Å². The van der Waals surface area contributed by atoms with Gasteiger partial charge in [-0.1, -0.05) is 53.5 Å². The van der Waals surface area contributed by atoms with Crippen LogP contribution in [-0.2, 0) is 4.74 Å². The minimum Gasteiger partial charge on any atom is -0.455 e. The number of nitrogens with zero attached hydrogens (tertiary/aromatic N) is 2. The van der Waals surface area contributed by atoms with Gasteiger partial charge in [0, 0.05) is 22.5 Å². The molecule has 1 fully saturated rings. The molecule has 1 saturated heterocycles. The third-order valence-corrected chi connectivity index (χ3v) is 5.98. The number of ether oxygens (including phenoxy) is 1. The molecule has 0 N–H and O–H groups in total. The van der Waals surface area contributed by atoms with Gasteiger partial charge in [0.25, 0.3) is 0 Å². The van der Waals surface area contributed by atoms with Crippen LogP contribution >= 0.6 is 23.2 Å². The van der Waals surface area contributed by atoms with Crippen molar-refractivity contribution in [2.24, 2.45) is 0 Å². The predicted molar refractivity (Wildman–Crippen MR) is 128 cm³/mol. The fraction of sp³-hybridized carbons (Fsp3) is 0.360. The molecule has 0 bridgehead atoms. The fourth-order valence-corrected chi connectivity index (χ4v) is 4.57. The molecular weight excluding hydrogens is 431 g/mol. The lowest BCUT2D eigenvalue weighted by Crippen LogP contribution is -2.38. The number of para-hydroxylation sites is 1. The van der Waals surface area contributed by atoms with Crippen molar-refractivity contribution < 1.29 is 9.53 Å². The highest BCUT2D eigenvalue weighted by Crippen LogP contribution is 2.43. The van der Waals surface area contributed by atoms with E-state index in [0.717, 1.165) is 53.5 Å². The number of hydrogen-bond acceptors (Lipinski definition) is 4. The zero-order chi connectivity index (χ0) is 22.2. The summed E-state index contributed by atoms with van der Waals surface area (Å²) in [6, 6.07) is 15.5. The number of alkyl halides is 1. The molecule has 0 radical (unpaired) electrons. The van der Waals surface area contributed by atoms with Crippen LogP contribution in [-0.4, -0.2) is 28.6 Å². The van der Waals surface area contributed by atoms with E-state index < -0.39 is 11.6 Å². The molecule has 0 aliphatic carbocycles. The molecular formula is C25H26Cl2N2O2. The molecule has 3 aromatic rings. The Morgan fingerprint density at radius 2 is 1.90 bits per heavy atom. The number of fused-ring (bicyclic) bond motifs is 1. The van der Waals surface area contributed by atoms with E-state index in [-0.39, 0.29) is 11.2 Å². The van der Waals surface area contributed by atoms with Crippen LogP contribution in [0.4, 0.5) is 5.69 Å². The second-order valence-electron chi connectivity index (χ2n) is 8.84. The number of carbonyl (C=O) groups is 1. The summed E-state index contributed by atoms with van der Waals surface area (Å²) in [4.78, 5) is 20.2. The van der Waals surface area contributed by atoms with Crippen LogP contribution in [0.2, 0.25) is 5.02 Å². The molecule has 2 aromatic carbocycles. The lowest BCUT2D eigenvalue weighted by Gasteiger charge is -2.36. The predicted octanol–water partition coefficient (Wildman–Crippen LogP) is 7.07. The first kappa shape index (κ1) is 21.9. The molecule has 1 atom stereocenters. The number of carbonyl (C=O) groups excluding carboxylic acids is 1. The van der Waals surface area contributed by atoms with Gasteiger partial charge in [-0.05, 0) is 63.8 Å². The van der Waals surface area contributed by atoms with Gasteiger partial charge in [0.2, 0.25) is 0 Å². The van der Waals surface area contributed by atoms with Crippen LogP contribution in [0.25, 0.3) is 22.0 Å². The molecule has 1 aliphatic rings. The largest absolute Gasteiger partial charge is 0.455 e. The highest BCUT2D eigenvalue weighted by atomic mass is 35.5. The number of rotatable bonds is 3. The van der Waals surface area contributed by atoms with Crippen LogP contribution in [0.15, 0.2) is 48.5 Å². The van der Waals surface area contributed by atoms with Crippen LogP contribution < -0.4 is 4.90 Å². The number of pyridine rings is 1. The highest BCUT2D eigenvalue weighted by Gasteiger charge is 2.32. The topological polar surface area (TPSA) is 42.4 Å². The van der Waals surface area contributed by atoms with E-state index in [9.17, 15) is 4.79 Å². The Hall–Kier alpha value is -2.30. The smallest absolute Gasteiger partial charge is 0.359 e. The lowest BCUT2D eigenvalue weighted by atomic mass is 9.95. The Labute approximate surface area is 193 Å². The summed E-state index contributed by atoms with van der Waals surface area (Å²) in [6.07, 6.45) is 2.90. The first-order chi connectivity index (χ1) is 14.7. The van der Waals surface area contributed by atoms with Gasteiger partial charge >= 0.3 is 5.97 Å². The van der Waals surface area contributed by atoms with Crippen LogP contribution in [0.1, 0.15) is 50.5 Å². The van der Waals surface area contributed by atoms with E-state index in [0.29, 0.717) is 5.02 Å². The Morgan fingerprint density at radius 1 is 1.13 bits per heavy atom. The molecule has 4 rings (SSSR count). The molecule has 1 aliphatic heterocycles. The van der Waals surface area contributed by atoms with E-state index in [4.69, 9.17) is 32.9 Å². The molecule has 1 unspecified atom stereocenters. The van der Waals surface area contributed by atoms with Crippen molar-refractivity contribution in [3.8, 4) is 11.1 Å². The van der Waals surface area contributed by atoms with Crippen molar-refractivity contribution in [2.45, 2.75) is 51.1 Å². The highest BCUT2D eigenvalue weighted by molar-refractivity contribution is 6.31. The molecule has 1 aromatic heterocycles. The van der Waals surface area contributed by atoms with Gasteiger partial charge in [0.1, 0.15) is 11.1 Å². The fourth-order valence-electron chi connectivity index (χ4n) is 4.03. The monoisotopic (exact) mass is 456 g/mol. The van der Waals surface area contributed by atoms with Crippen LogP contribution in [0.5, 0.6) is 0 Å². The van der Waals surface area contributed by atoms with E-state index in [1.54, 1.807) is 0 Å². The molecule has 0 amide bonds. The first-order valence-corrected chi connectivity index (χ1v) is 11.4. The summed E-state index contributed by atoms with van der Waals surface area (Å²) >= 11 is 13.1. The van der Waals surface area contributed by atoms with E-state index >= 15 is 0 Å². The molecule has 4 nitrogen and oxygen atoms in total. The van der Waals surface area contributed by atoms with Gasteiger partial charge in [0.15, 0.2) is 5.69 Å². The summed E-state index contributed by atoms with van der Waals surface area (Å²) < 4.78 is 5.76. The zero-order valence-corrected chi connectivity index (χ0v) is 19.5. The molecule has 2 heterocycles. The average Bonchev–Trinajstić information content (AvgIpc) is 2.71. The number of aromatic nitrogens is 1. The minimum absolute atomic E-state index is 0.226. The summed E-state index contributed by atoms with van der Waals surface area (Å²) in [6.45, 7) is 6.32. The Morgan fingerprint density at radius 3 is 2.61 bits per heavy atom. The summed E-state index contributed by atoms with van der Waals surface area (Å²) in [5, 5.41) is 1.57. The van der Waals surface area contributed by atoms with E-state index in [2.05, 4.69) is 4.90 Å². The normalized spacial score (nSPS) is 17.1. The lowest BCUT2D eigenvalue weighted by molar-refractivity contribution is 0.00640. The summed E-state index contributed by atoms with van der Waals surface area (Å²) in [7, 11) is 0. The Kier molecular flexibility index (Phi) is 6.14. The van der Waals surface area contributed by atoms with E-state index in [1.807, 2.05) is 69.3 Å². The van der Waals surface area contributed by atoms with Gasteiger partial charge in [-0.25, -0.2) is 9.78 Å². The maximum absolute atomic E-state index is 13.3. The second kappa shape index (κ2) is 8.68. The molecule has 31 heavy (non-hydrogen) atoms. The SMILES string of the molecule is CC(C)(C)OC(=O)c1nc2ccccc2c(-c2cccc(Cl)c2)c1N1CCCCC1Cl. The van der Waals surface area contributed by atoms with Crippen LogP contribution in [0.3, 0.4) is 0 Å². The zero-order valence-electron chi connectivity index (χ0n) is 18.0. The molecule has 0 saturated carbocycles. The maximum Gasteiger partial charge on any atom is 0.359 e. The van der Waals surface area contributed by atoms with Gasteiger partial charge in [0.05, 0.1) is 11.2 Å². The van der Waals surface area contributed by atoms with Gasteiger partial charge in [-0.15, -0.1) is 0 Å². The average molecular weight is 457 g/mol. The van der Waals surface area contributed by atoms with Gasteiger partial charge in [-0.3, -0.25) is 0 Å². The first-order valence-electron chi connectivity index (χ1n) is 10.6. The number of halogens is 2. The van der Waals surface area contributed by atoms with Crippen molar-refractivity contribution in [3.05, 3.63) is 59.2 Å². The number of benzene rings is 2. The van der Waals surface area contributed by atoms with Crippen molar-refractivity contribution in [1.82, 2.24) is 4.98 Å². The van der Waals surface area contributed by atoms with E-state index in [1.165, 1.54) is 0 Å². The maximum atomic E-state index is 13.3. The minimum atomic E-state index is -0.639. The van der Waals surface area contributed by atoms with Crippen molar-refractivity contribution in [1.29, 1.82) is 0 Å². The number of esters is 1. The standard InChI is InChI=1S/C25H26Cl2N2O2/c1-25(2,3)31-24(30)22-23(29-14-7-6-13-20(29)27)21(16-9-8-10-17(26)15-16)18-11-4-5-12-19(18)28-22/h4-5,8-12,15,20H,6-7,13-14H2,1-3H3. The second-order valence-corrected chi connectivity index (χ2v) is 9.78. The van der Waals surface area contributed by atoms with Crippen molar-refractivity contribution >= 4 is 45.8 Å². The van der Waals surface area contributed by atoms with Gasteiger partial charge in [-0.2, -0.15) is 0 Å². The van der Waals surface area contributed by atoms with Crippen molar-refractivity contribution in [3.63, 3.8) is 0 Å². The molecule has 0 spiro atoms. The molecule has 6 heteroatoms. The Bertz CT molecular complexity index is 1120. The Balaban J connectivity index is 2.06. The quantitative estimate of drug-likeness (QED) is 0.240. The number of piperidine rings is 1. The number of hydrogen-bond donors (Lipinski definition) is 0. The summed E-state index contributed by atoms with van der Waals surface area (Å²) in [5.41, 5.74) is 2.69. The third kappa shape index (κ3) is 4.65. The summed E-state index contributed by atoms with van der Waals surface area (Å²) in [5.74, 6) is -0.453.